The second-order valence-corrected chi connectivity index (χ2v) is 4.01. The molecule has 0 radical (unpaired) electrons. The van der Waals surface area contributed by atoms with E-state index < -0.39 is 38.3 Å². The lowest BCUT2D eigenvalue weighted by Gasteiger charge is -2.15. The number of amides is 1. The van der Waals surface area contributed by atoms with E-state index in [0.29, 0.717) is 11.3 Å². The molecule has 0 aliphatic heterocycles. The van der Waals surface area contributed by atoms with E-state index in [1.807, 2.05) is 0 Å². The number of rotatable bonds is 8. The minimum Gasteiger partial charge on any atom is -0.491 e. The topological polar surface area (TPSA) is 84.6 Å². The first kappa shape index (κ1) is 7.87. The van der Waals surface area contributed by atoms with E-state index in [4.69, 9.17) is 20.1 Å². The molecule has 1 rings (SSSR count). The van der Waals surface area contributed by atoms with Crippen molar-refractivity contribution >= 4 is 5.91 Å². The van der Waals surface area contributed by atoms with Gasteiger partial charge in [-0.25, -0.2) is 0 Å². The molecular weight excluding hydrogens is 244 g/mol. The number of aliphatic hydroxyl groups excluding tert-OH is 1. The standard InChI is InChI=1S/C14H22N2O3/c1-10(2)16-8-12(17)9-19-13-5-3-11(4-6-13)7-14(15)18/h3-6,10,12,16-17H,7-9H2,1-2H3,(H2,15,18)/t12-/m1/s1/i1D3,2D3,10D. The maximum Gasteiger partial charge on any atom is 0.221 e. The average molecular weight is 273 g/mol. The van der Waals surface area contributed by atoms with Gasteiger partial charge in [-0.3, -0.25) is 4.79 Å². The van der Waals surface area contributed by atoms with Crippen molar-refractivity contribution in [1.29, 1.82) is 0 Å². The zero-order chi connectivity index (χ0) is 20.2. The lowest BCUT2D eigenvalue weighted by atomic mass is 10.1. The predicted molar refractivity (Wildman–Crippen MR) is 74.0 cm³/mol. The van der Waals surface area contributed by atoms with Gasteiger partial charge in [0.1, 0.15) is 18.5 Å². The first-order valence-electron chi connectivity index (χ1n) is 9.19. The van der Waals surface area contributed by atoms with Crippen molar-refractivity contribution in [2.45, 2.75) is 32.2 Å². The normalized spacial score (nSPS) is 19.7. The summed E-state index contributed by atoms with van der Waals surface area (Å²) >= 11 is 0. The lowest BCUT2D eigenvalue weighted by Crippen LogP contribution is -2.35. The summed E-state index contributed by atoms with van der Waals surface area (Å²) in [6.07, 6.45) is -1.16. The van der Waals surface area contributed by atoms with Gasteiger partial charge < -0.3 is 20.9 Å². The summed E-state index contributed by atoms with van der Waals surface area (Å²) in [6.45, 7) is -6.94. The van der Waals surface area contributed by atoms with Crippen molar-refractivity contribution in [1.82, 2.24) is 5.32 Å². The molecule has 0 aliphatic rings. The Bertz CT molecular complexity index is 588. The Balaban J connectivity index is 2.58. The molecule has 4 N–H and O–H groups in total. The summed E-state index contributed by atoms with van der Waals surface area (Å²) in [4.78, 5) is 10.8. The minimum absolute atomic E-state index is 0.0860. The van der Waals surface area contributed by atoms with E-state index in [0.717, 1.165) is 0 Å². The highest BCUT2D eigenvalue weighted by atomic mass is 16.5. The third-order valence-corrected chi connectivity index (χ3v) is 2.26. The van der Waals surface area contributed by atoms with Gasteiger partial charge in [-0.05, 0) is 17.7 Å². The molecule has 1 aromatic carbocycles. The minimum atomic E-state index is -3.12. The van der Waals surface area contributed by atoms with Crippen molar-refractivity contribution in [2.75, 3.05) is 13.2 Å². The molecule has 0 bridgehead atoms. The SMILES string of the molecule is [2H]C([2H])([2H])C([2H])(NC[C@@H](O)COc1ccc(CC(N)=O)cc1)C([2H])([2H])[2H]. The van der Waals surface area contributed by atoms with Crippen LogP contribution in [0.5, 0.6) is 5.75 Å². The first-order valence-corrected chi connectivity index (χ1v) is 5.69. The summed E-state index contributed by atoms with van der Waals surface area (Å²) in [5.41, 5.74) is 5.78. The molecule has 1 atom stereocenters. The number of carbonyl (C=O) groups excluding carboxylic acids is 1. The van der Waals surface area contributed by atoms with Crippen LogP contribution in [0.1, 0.15) is 28.9 Å². The fraction of sp³-hybridized carbons (Fsp3) is 0.500. The lowest BCUT2D eigenvalue weighted by molar-refractivity contribution is -0.117. The Kier molecular flexibility index (Phi) is 3.21. The Morgan fingerprint density at radius 3 is 2.79 bits per heavy atom. The van der Waals surface area contributed by atoms with Gasteiger partial charge in [0.15, 0.2) is 0 Å². The maximum absolute atomic E-state index is 10.8. The van der Waals surface area contributed by atoms with Crippen LogP contribution in [-0.2, 0) is 11.2 Å². The van der Waals surface area contributed by atoms with E-state index in [1.54, 1.807) is 24.3 Å². The summed E-state index contributed by atoms with van der Waals surface area (Å²) in [5.74, 6) is -0.0800. The molecule has 0 heterocycles. The van der Waals surface area contributed by atoms with Gasteiger partial charge in [0.25, 0.3) is 0 Å². The Morgan fingerprint density at radius 2 is 2.21 bits per heavy atom. The van der Waals surface area contributed by atoms with Crippen molar-refractivity contribution in [3.63, 3.8) is 0 Å². The number of ether oxygens (including phenoxy) is 1. The monoisotopic (exact) mass is 273 g/mol. The molecule has 1 aromatic rings. The third kappa shape index (κ3) is 6.79. The first-order chi connectivity index (χ1) is 11.8. The van der Waals surface area contributed by atoms with E-state index in [9.17, 15) is 9.90 Å². The van der Waals surface area contributed by atoms with Crippen molar-refractivity contribution in [3.8, 4) is 5.75 Å². The molecule has 0 aromatic heterocycles. The van der Waals surface area contributed by atoms with Gasteiger partial charge >= 0.3 is 0 Å². The summed E-state index contributed by atoms with van der Waals surface area (Å²) in [7, 11) is 0. The van der Waals surface area contributed by atoms with Crippen LogP contribution >= 0.6 is 0 Å². The number of hydrogen-bond donors (Lipinski definition) is 3. The van der Waals surface area contributed by atoms with Gasteiger partial charge in [-0.1, -0.05) is 25.8 Å². The van der Waals surface area contributed by atoms with Crippen molar-refractivity contribution in [2.24, 2.45) is 5.73 Å². The fourth-order valence-electron chi connectivity index (χ4n) is 1.38. The zero-order valence-corrected chi connectivity index (χ0v) is 10.3. The third-order valence-electron chi connectivity index (χ3n) is 2.26. The second-order valence-electron chi connectivity index (χ2n) is 4.01. The van der Waals surface area contributed by atoms with E-state index >= 15 is 0 Å². The number of benzene rings is 1. The van der Waals surface area contributed by atoms with Crippen molar-refractivity contribution in [3.05, 3.63) is 29.8 Å². The molecule has 0 saturated heterocycles. The highest BCUT2D eigenvalue weighted by Gasteiger charge is 2.06. The molecule has 0 saturated carbocycles. The summed E-state index contributed by atoms with van der Waals surface area (Å²) in [5, 5.41) is 12.0. The number of nitrogens with one attached hydrogen (secondary N) is 1. The largest absolute Gasteiger partial charge is 0.491 e. The molecule has 0 fully saturated rings. The molecule has 0 aliphatic carbocycles. The Morgan fingerprint density at radius 1 is 1.53 bits per heavy atom. The average Bonchev–Trinajstić information content (AvgIpc) is 2.49. The summed E-state index contributed by atoms with van der Waals surface area (Å²) < 4.78 is 56.7. The molecule has 0 spiro atoms. The van der Waals surface area contributed by atoms with E-state index in [1.165, 1.54) is 0 Å². The summed E-state index contributed by atoms with van der Waals surface area (Å²) in [6, 6.07) is 3.49. The van der Waals surface area contributed by atoms with E-state index in [2.05, 4.69) is 5.32 Å². The number of aliphatic hydroxyl groups is 1. The van der Waals surface area contributed by atoms with Crippen LogP contribution in [-0.4, -0.2) is 36.3 Å². The molecule has 106 valence electrons. The van der Waals surface area contributed by atoms with Crippen LogP contribution < -0.4 is 15.8 Å². The van der Waals surface area contributed by atoms with Crippen molar-refractivity contribution < 1.29 is 24.2 Å². The predicted octanol–water partition coefficient (Wildman–Crippen LogP) is 0.452. The fourth-order valence-corrected chi connectivity index (χ4v) is 1.38. The molecule has 5 heteroatoms. The molecule has 0 unspecified atom stereocenters. The van der Waals surface area contributed by atoms with Crippen LogP contribution in [0, 0.1) is 0 Å². The number of nitrogens with two attached hydrogens (primary N) is 1. The molecule has 19 heavy (non-hydrogen) atoms. The number of hydrogen-bond acceptors (Lipinski definition) is 4. The molecule has 5 nitrogen and oxygen atoms in total. The second kappa shape index (κ2) is 7.76. The highest BCUT2D eigenvalue weighted by molar-refractivity contribution is 5.76. The zero-order valence-electron chi connectivity index (χ0n) is 17.3. The van der Waals surface area contributed by atoms with E-state index in [-0.39, 0.29) is 13.0 Å². The van der Waals surface area contributed by atoms with Crippen LogP contribution in [0.3, 0.4) is 0 Å². The maximum atomic E-state index is 10.8. The van der Waals surface area contributed by atoms with Gasteiger partial charge in [-0.15, -0.1) is 0 Å². The molecular formula is C14H22N2O3. The van der Waals surface area contributed by atoms with Gasteiger partial charge in [0, 0.05) is 22.2 Å². The van der Waals surface area contributed by atoms with Gasteiger partial charge in [-0.2, -0.15) is 0 Å². The van der Waals surface area contributed by atoms with Gasteiger partial charge in [0.05, 0.1) is 6.42 Å². The van der Waals surface area contributed by atoms with Crippen LogP contribution in [0.4, 0.5) is 0 Å². The van der Waals surface area contributed by atoms with Crippen LogP contribution in [0.2, 0.25) is 0 Å². The smallest absolute Gasteiger partial charge is 0.221 e. The van der Waals surface area contributed by atoms with Crippen LogP contribution in [0.15, 0.2) is 24.3 Å². The number of carbonyl (C=O) groups is 1. The highest BCUT2D eigenvalue weighted by Crippen LogP contribution is 2.12. The van der Waals surface area contributed by atoms with Crippen LogP contribution in [0.25, 0.3) is 0 Å². The molecule has 1 amide bonds. The van der Waals surface area contributed by atoms with Gasteiger partial charge in [0.2, 0.25) is 5.91 Å². The Hall–Kier alpha value is -1.59. The number of primary amides is 1. The quantitative estimate of drug-likeness (QED) is 0.642. The Labute approximate surface area is 123 Å².